The van der Waals surface area contributed by atoms with Gasteiger partial charge < -0.3 is 14.7 Å². The number of nitrogens with zero attached hydrogens (tertiary/aromatic N) is 2. The number of carbonyl (C=O) groups excluding carboxylic acids is 2. The number of esters is 1. The summed E-state index contributed by atoms with van der Waals surface area (Å²) < 4.78 is 4.57. The van der Waals surface area contributed by atoms with Crippen LogP contribution in [-0.2, 0) is 25.7 Å². The third-order valence-corrected chi connectivity index (χ3v) is 3.13. The third-order valence-electron chi connectivity index (χ3n) is 3.13. The molecule has 9 nitrogen and oxygen atoms in total. The van der Waals surface area contributed by atoms with Gasteiger partial charge in [0.1, 0.15) is 12.5 Å². The number of carbonyl (C=O) groups is 3. The number of carboxylic acids is 1. The van der Waals surface area contributed by atoms with Crippen molar-refractivity contribution >= 4 is 23.5 Å². The molecule has 9 heteroatoms. The lowest BCUT2D eigenvalue weighted by Gasteiger charge is -2.27. The predicted octanol–water partition coefficient (Wildman–Crippen LogP) is 0.960. The first-order chi connectivity index (χ1) is 10.8. The van der Waals surface area contributed by atoms with Crippen LogP contribution in [0.4, 0.5) is 5.69 Å². The SMILES string of the molecule is COC(=O)C(C)N(Cc1ccc([N+](=O)[O-])cc1)C(=O)CC(=O)O. The van der Waals surface area contributed by atoms with Gasteiger partial charge in [-0.05, 0) is 12.5 Å². The van der Waals surface area contributed by atoms with Crippen LogP contribution < -0.4 is 0 Å². The van der Waals surface area contributed by atoms with Gasteiger partial charge in [0.15, 0.2) is 0 Å². The van der Waals surface area contributed by atoms with Crippen molar-refractivity contribution in [3.63, 3.8) is 0 Å². The second-order valence-electron chi connectivity index (χ2n) is 4.71. The fraction of sp³-hybridized carbons (Fsp3) is 0.357. The van der Waals surface area contributed by atoms with E-state index in [0.29, 0.717) is 5.56 Å². The number of ether oxygens (including phenoxy) is 1. The highest BCUT2D eigenvalue weighted by Crippen LogP contribution is 2.16. The Labute approximate surface area is 131 Å². The second kappa shape index (κ2) is 7.87. The Morgan fingerprint density at radius 3 is 2.30 bits per heavy atom. The van der Waals surface area contributed by atoms with Crippen LogP contribution in [0.3, 0.4) is 0 Å². The van der Waals surface area contributed by atoms with Crippen molar-refractivity contribution in [1.29, 1.82) is 0 Å². The van der Waals surface area contributed by atoms with E-state index in [-0.39, 0.29) is 12.2 Å². The molecule has 1 N–H and O–H groups in total. The molecule has 0 spiro atoms. The number of hydrogen-bond donors (Lipinski definition) is 1. The van der Waals surface area contributed by atoms with Crippen molar-refractivity contribution in [3.8, 4) is 0 Å². The number of rotatable bonds is 7. The standard InChI is InChI=1S/C14H16N2O7/c1-9(14(20)23-2)15(12(17)7-13(18)19)8-10-3-5-11(6-4-10)16(21)22/h3-6,9H,7-8H2,1-2H3,(H,18,19). The quantitative estimate of drug-likeness (QED) is 0.342. The number of methoxy groups -OCH3 is 1. The number of non-ortho nitro benzene ring substituents is 1. The maximum Gasteiger partial charge on any atom is 0.328 e. The van der Waals surface area contributed by atoms with E-state index in [1.807, 2.05) is 0 Å². The summed E-state index contributed by atoms with van der Waals surface area (Å²) in [7, 11) is 1.16. The van der Waals surface area contributed by atoms with Crippen molar-refractivity contribution in [1.82, 2.24) is 4.90 Å². The van der Waals surface area contributed by atoms with Gasteiger partial charge in [-0.15, -0.1) is 0 Å². The van der Waals surface area contributed by atoms with Gasteiger partial charge in [0.25, 0.3) is 5.69 Å². The lowest BCUT2D eigenvalue weighted by Crippen LogP contribution is -2.44. The average molecular weight is 324 g/mol. The van der Waals surface area contributed by atoms with Crippen LogP contribution in [0.1, 0.15) is 18.9 Å². The van der Waals surface area contributed by atoms with Crippen molar-refractivity contribution in [2.75, 3.05) is 7.11 Å². The Kier molecular flexibility index (Phi) is 6.19. The first-order valence-electron chi connectivity index (χ1n) is 6.58. The van der Waals surface area contributed by atoms with Crippen LogP contribution in [-0.4, -0.2) is 45.9 Å². The molecule has 1 unspecified atom stereocenters. The predicted molar refractivity (Wildman–Crippen MR) is 77.4 cm³/mol. The summed E-state index contributed by atoms with van der Waals surface area (Å²) in [6, 6.07) is 4.41. The van der Waals surface area contributed by atoms with Crippen LogP contribution in [0.5, 0.6) is 0 Å². The highest BCUT2D eigenvalue weighted by molar-refractivity contribution is 5.95. The van der Waals surface area contributed by atoms with E-state index in [9.17, 15) is 24.5 Å². The van der Waals surface area contributed by atoms with Gasteiger partial charge in [-0.1, -0.05) is 12.1 Å². The van der Waals surface area contributed by atoms with E-state index in [1.54, 1.807) is 0 Å². The maximum absolute atomic E-state index is 12.0. The van der Waals surface area contributed by atoms with E-state index < -0.39 is 35.2 Å². The van der Waals surface area contributed by atoms with Gasteiger partial charge in [0, 0.05) is 18.7 Å². The summed E-state index contributed by atoms with van der Waals surface area (Å²) in [5, 5.41) is 19.4. The fourth-order valence-electron chi connectivity index (χ4n) is 1.89. The molecule has 0 aliphatic carbocycles. The minimum absolute atomic E-state index is 0.0691. The molecule has 0 aliphatic rings. The fourth-order valence-corrected chi connectivity index (χ4v) is 1.89. The molecular formula is C14H16N2O7. The molecule has 0 fully saturated rings. The molecule has 0 bridgehead atoms. The summed E-state index contributed by atoms with van der Waals surface area (Å²) in [6.45, 7) is 1.34. The molecule has 0 aliphatic heterocycles. The van der Waals surface area contributed by atoms with Crippen molar-refractivity contribution in [2.24, 2.45) is 0 Å². The Balaban J connectivity index is 2.99. The Morgan fingerprint density at radius 1 is 1.30 bits per heavy atom. The summed E-state index contributed by atoms with van der Waals surface area (Å²) in [5.41, 5.74) is 0.406. The molecule has 0 heterocycles. The zero-order valence-corrected chi connectivity index (χ0v) is 12.6. The molecule has 0 saturated carbocycles. The van der Waals surface area contributed by atoms with Gasteiger partial charge in [-0.25, -0.2) is 4.79 Å². The molecule has 0 saturated heterocycles. The van der Waals surface area contributed by atoms with Crippen LogP contribution >= 0.6 is 0 Å². The zero-order chi connectivity index (χ0) is 17.6. The lowest BCUT2D eigenvalue weighted by atomic mass is 10.1. The normalized spacial score (nSPS) is 11.4. The minimum Gasteiger partial charge on any atom is -0.481 e. The van der Waals surface area contributed by atoms with Crippen LogP contribution in [0.2, 0.25) is 0 Å². The molecular weight excluding hydrogens is 308 g/mol. The number of carboxylic acid groups (broad SMARTS) is 1. The molecule has 1 atom stereocenters. The number of nitro benzene ring substituents is 1. The van der Waals surface area contributed by atoms with E-state index in [1.165, 1.54) is 31.2 Å². The monoisotopic (exact) mass is 324 g/mol. The minimum atomic E-state index is -1.32. The first-order valence-corrected chi connectivity index (χ1v) is 6.58. The van der Waals surface area contributed by atoms with Gasteiger partial charge >= 0.3 is 11.9 Å². The van der Waals surface area contributed by atoms with Crippen molar-refractivity contribution < 1.29 is 29.2 Å². The van der Waals surface area contributed by atoms with Gasteiger partial charge in [-0.3, -0.25) is 19.7 Å². The number of aliphatic carboxylic acids is 1. The van der Waals surface area contributed by atoms with Gasteiger partial charge in [-0.2, -0.15) is 0 Å². The third kappa shape index (κ3) is 5.06. The largest absolute Gasteiger partial charge is 0.481 e. The van der Waals surface area contributed by atoms with Crippen molar-refractivity contribution in [2.45, 2.75) is 25.9 Å². The van der Waals surface area contributed by atoms with Gasteiger partial charge in [0.05, 0.1) is 12.0 Å². The summed E-state index contributed by atoms with van der Waals surface area (Å²) in [5.74, 6) is -2.76. The van der Waals surface area contributed by atoms with Crippen LogP contribution in [0.25, 0.3) is 0 Å². The average Bonchev–Trinajstić information content (AvgIpc) is 2.50. The molecule has 0 radical (unpaired) electrons. The zero-order valence-electron chi connectivity index (χ0n) is 12.6. The molecule has 0 aromatic heterocycles. The Morgan fingerprint density at radius 2 is 1.87 bits per heavy atom. The topological polar surface area (TPSA) is 127 Å². The highest BCUT2D eigenvalue weighted by atomic mass is 16.6. The first kappa shape index (κ1) is 18.1. The highest BCUT2D eigenvalue weighted by Gasteiger charge is 2.28. The Bertz CT molecular complexity index is 612. The van der Waals surface area contributed by atoms with Crippen LogP contribution in [0, 0.1) is 10.1 Å². The Hall–Kier alpha value is -2.97. The molecule has 124 valence electrons. The number of benzene rings is 1. The molecule has 23 heavy (non-hydrogen) atoms. The number of nitro groups is 1. The van der Waals surface area contributed by atoms with E-state index in [0.717, 1.165) is 12.0 Å². The molecule has 1 aromatic rings. The van der Waals surface area contributed by atoms with Gasteiger partial charge in [0.2, 0.25) is 5.91 Å². The summed E-state index contributed by atoms with van der Waals surface area (Å²) in [6.07, 6.45) is -0.770. The number of hydrogen-bond acceptors (Lipinski definition) is 6. The van der Waals surface area contributed by atoms with E-state index >= 15 is 0 Å². The van der Waals surface area contributed by atoms with Crippen molar-refractivity contribution in [3.05, 3.63) is 39.9 Å². The van der Waals surface area contributed by atoms with E-state index in [4.69, 9.17) is 5.11 Å². The summed E-state index contributed by atoms with van der Waals surface area (Å²) in [4.78, 5) is 45.5. The van der Waals surface area contributed by atoms with E-state index in [2.05, 4.69) is 4.74 Å². The molecule has 1 rings (SSSR count). The smallest absolute Gasteiger partial charge is 0.328 e. The molecule has 1 amide bonds. The molecule has 1 aromatic carbocycles. The second-order valence-corrected chi connectivity index (χ2v) is 4.71. The maximum atomic E-state index is 12.0. The van der Waals surface area contributed by atoms with Crippen LogP contribution in [0.15, 0.2) is 24.3 Å². The summed E-state index contributed by atoms with van der Waals surface area (Å²) >= 11 is 0. The lowest BCUT2D eigenvalue weighted by molar-refractivity contribution is -0.384. The number of amides is 1.